The molecule has 2 nitrogen and oxygen atoms in total. The van der Waals surface area contributed by atoms with Gasteiger partial charge in [0.15, 0.2) is 0 Å². The Kier molecular flexibility index (Phi) is 2.24. The van der Waals surface area contributed by atoms with E-state index in [2.05, 4.69) is 26.3 Å². The monoisotopic (exact) mass is 132 g/mol. The Bertz CT molecular complexity index is 68.8. The van der Waals surface area contributed by atoms with Gasteiger partial charge in [-0.2, -0.15) is 0 Å². The zero-order valence-electron chi connectivity index (χ0n) is 5.22. The Morgan fingerprint density at radius 2 is 2.50 bits per heavy atom. The van der Waals surface area contributed by atoms with E-state index >= 15 is 0 Å². The Morgan fingerprint density at radius 3 is 2.88 bits per heavy atom. The van der Waals surface area contributed by atoms with Crippen molar-refractivity contribution in [3.05, 3.63) is 0 Å². The van der Waals surface area contributed by atoms with Crippen molar-refractivity contribution >= 4 is 9.39 Å². The van der Waals surface area contributed by atoms with E-state index in [-0.39, 0.29) is 0 Å². The van der Waals surface area contributed by atoms with Crippen molar-refractivity contribution in [1.29, 1.82) is 0 Å². The molecule has 0 spiro atoms. The molecule has 1 N–H and O–H groups in total. The van der Waals surface area contributed by atoms with Crippen molar-refractivity contribution in [2.45, 2.75) is 13.0 Å². The lowest BCUT2D eigenvalue weighted by Crippen LogP contribution is -2.44. The molecule has 48 valence electrons. The van der Waals surface area contributed by atoms with Crippen LogP contribution in [0, 0.1) is 0 Å². The highest BCUT2D eigenvalue weighted by Crippen LogP contribution is 2.02. The fourth-order valence-electron chi connectivity index (χ4n) is 0.962. The van der Waals surface area contributed by atoms with Crippen molar-refractivity contribution in [2.24, 2.45) is 0 Å². The van der Waals surface area contributed by atoms with Crippen LogP contribution in [0.4, 0.5) is 0 Å². The van der Waals surface area contributed by atoms with E-state index < -0.39 is 0 Å². The van der Waals surface area contributed by atoms with Crippen LogP contribution in [0.5, 0.6) is 0 Å². The van der Waals surface area contributed by atoms with Crippen LogP contribution in [0.1, 0.15) is 6.92 Å². The van der Waals surface area contributed by atoms with Gasteiger partial charge in [0, 0.05) is 25.7 Å². The smallest absolute Gasteiger partial charge is 0.0170 e. The molecule has 1 rings (SSSR count). The third kappa shape index (κ3) is 1.70. The minimum Gasteiger partial charge on any atom is -0.312 e. The molecule has 3 heteroatoms. The Morgan fingerprint density at radius 1 is 1.75 bits per heavy atom. The van der Waals surface area contributed by atoms with E-state index in [4.69, 9.17) is 0 Å². The largest absolute Gasteiger partial charge is 0.312 e. The van der Waals surface area contributed by atoms with Crippen LogP contribution in [0.25, 0.3) is 0 Å². The second-order valence-electron chi connectivity index (χ2n) is 2.35. The molecule has 1 saturated heterocycles. The minimum atomic E-state index is 0.668. The maximum atomic E-state index is 3.36. The Hall–Kier alpha value is 0.350. The fourth-order valence-corrected chi connectivity index (χ4v) is 1.41. The Labute approximate surface area is 52.9 Å². The van der Waals surface area contributed by atoms with E-state index in [0.717, 1.165) is 19.6 Å². The summed E-state index contributed by atoms with van der Waals surface area (Å²) in [5.74, 6) is 0. The molecule has 2 unspecified atom stereocenters. The highest BCUT2D eigenvalue weighted by molar-refractivity contribution is 7.13. The molecule has 0 aliphatic carbocycles. The van der Waals surface area contributed by atoms with Crippen LogP contribution >= 0.6 is 9.39 Å². The minimum absolute atomic E-state index is 0.668. The molecule has 2 atom stereocenters. The number of rotatable bonds is 0. The van der Waals surface area contributed by atoms with Crippen LogP contribution < -0.4 is 5.32 Å². The molecule has 8 heavy (non-hydrogen) atoms. The summed E-state index contributed by atoms with van der Waals surface area (Å²) in [6.45, 7) is 5.65. The molecule has 0 saturated carbocycles. The topological polar surface area (TPSA) is 15.3 Å². The maximum absolute atomic E-state index is 3.36. The van der Waals surface area contributed by atoms with E-state index in [1.165, 1.54) is 0 Å². The molecular formula is C5H13N2P. The van der Waals surface area contributed by atoms with Gasteiger partial charge in [-0.25, -0.2) is 0 Å². The van der Waals surface area contributed by atoms with E-state index in [0.29, 0.717) is 6.04 Å². The van der Waals surface area contributed by atoms with E-state index in [1.807, 2.05) is 0 Å². The highest BCUT2D eigenvalue weighted by Gasteiger charge is 2.10. The van der Waals surface area contributed by atoms with Gasteiger partial charge in [-0.15, -0.1) is 0 Å². The molecule has 1 heterocycles. The molecule has 0 aromatic heterocycles. The Balaban J connectivity index is 2.23. The van der Waals surface area contributed by atoms with Gasteiger partial charge in [-0.3, -0.25) is 4.67 Å². The maximum Gasteiger partial charge on any atom is 0.0170 e. The molecule has 0 amide bonds. The molecule has 0 aromatic carbocycles. The lowest BCUT2D eigenvalue weighted by atomic mass is 10.3. The van der Waals surface area contributed by atoms with Crippen LogP contribution in [0.3, 0.4) is 0 Å². The third-order valence-electron chi connectivity index (χ3n) is 1.40. The van der Waals surface area contributed by atoms with Gasteiger partial charge in [0.2, 0.25) is 0 Å². The molecular weight excluding hydrogens is 119 g/mol. The van der Waals surface area contributed by atoms with Crippen LogP contribution in [-0.2, 0) is 0 Å². The molecule has 1 aliphatic rings. The molecule has 0 aromatic rings. The van der Waals surface area contributed by atoms with Crippen molar-refractivity contribution in [1.82, 2.24) is 9.99 Å². The lowest BCUT2D eigenvalue weighted by molar-refractivity contribution is 0.334. The summed E-state index contributed by atoms with van der Waals surface area (Å²) in [5, 5.41) is 3.36. The molecule has 1 aliphatic heterocycles. The zero-order chi connectivity index (χ0) is 5.98. The summed E-state index contributed by atoms with van der Waals surface area (Å²) in [5.41, 5.74) is 0. The van der Waals surface area contributed by atoms with E-state index in [9.17, 15) is 0 Å². The number of hydrogen-bond acceptors (Lipinski definition) is 2. The zero-order valence-corrected chi connectivity index (χ0v) is 6.38. The summed E-state index contributed by atoms with van der Waals surface area (Å²) in [6, 6.07) is 0.668. The molecule has 0 bridgehead atoms. The van der Waals surface area contributed by atoms with Gasteiger partial charge < -0.3 is 5.32 Å². The predicted molar refractivity (Wildman–Crippen MR) is 38.7 cm³/mol. The first-order valence-electron chi connectivity index (χ1n) is 3.02. The second kappa shape index (κ2) is 2.77. The molecule has 1 fully saturated rings. The number of nitrogens with one attached hydrogen (secondary N) is 1. The third-order valence-corrected chi connectivity index (χ3v) is 1.87. The summed E-state index contributed by atoms with van der Waals surface area (Å²) in [4.78, 5) is 0. The first kappa shape index (κ1) is 6.47. The number of hydrogen-bond donors (Lipinski definition) is 1. The summed E-state index contributed by atoms with van der Waals surface area (Å²) in [6.07, 6.45) is 0. The number of piperazine rings is 1. The summed E-state index contributed by atoms with van der Waals surface area (Å²) < 4.78 is 2.27. The fraction of sp³-hybridized carbons (Fsp3) is 1.00. The summed E-state index contributed by atoms with van der Waals surface area (Å²) in [7, 11) is 2.72. The van der Waals surface area contributed by atoms with Crippen molar-refractivity contribution in [2.75, 3.05) is 19.6 Å². The quantitative estimate of drug-likeness (QED) is 0.469. The van der Waals surface area contributed by atoms with Gasteiger partial charge in [-0.1, -0.05) is 9.39 Å². The average Bonchev–Trinajstić information content (AvgIpc) is 1.64. The van der Waals surface area contributed by atoms with E-state index in [1.54, 1.807) is 0 Å². The van der Waals surface area contributed by atoms with Gasteiger partial charge in [-0.05, 0) is 6.92 Å². The average molecular weight is 132 g/mol. The van der Waals surface area contributed by atoms with Crippen molar-refractivity contribution in [3.63, 3.8) is 0 Å². The lowest BCUT2D eigenvalue weighted by Gasteiger charge is -2.27. The van der Waals surface area contributed by atoms with Crippen molar-refractivity contribution in [3.8, 4) is 0 Å². The van der Waals surface area contributed by atoms with Crippen LogP contribution in [0.15, 0.2) is 0 Å². The second-order valence-corrected chi connectivity index (χ2v) is 3.08. The van der Waals surface area contributed by atoms with Crippen LogP contribution in [-0.4, -0.2) is 30.3 Å². The van der Waals surface area contributed by atoms with Crippen LogP contribution in [0.2, 0.25) is 0 Å². The predicted octanol–water partition coefficient (Wildman–Crippen LogP) is 0.0702. The highest BCUT2D eigenvalue weighted by atomic mass is 31.0. The van der Waals surface area contributed by atoms with Gasteiger partial charge in [0.1, 0.15) is 0 Å². The standard InChI is InChI=1S/C5H13N2P/c1-5-4-7(8)3-2-6-5/h5-6H,2-4,8H2,1H3. The van der Waals surface area contributed by atoms with Gasteiger partial charge in [0.05, 0.1) is 0 Å². The van der Waals surface area contributed by atoms with Gasteiger partial charge in [0.25, 0.3) is 0 Å². The SMILES string of the molecule is CC1CN(P)CCN1. The summed E-state index contributed by atoms with van der Waals surface area (Å²) >= 11 is 0. The normalized spacial score (nSPS) is 33.0. The first-order chi connectivity index (χ1) is 3.79. The van der Waals surface area contributed by atoms with Crippen molar-refractivity contribution < 1.29 is 0 Å². The first-order valence-corrected chi connectivity index (χ1v) is 3.53. The van der Waals surface area contributed by atoms with Gasteiger partial charge >= 0.3 is 0 Å². The number of nitrogens with zero attached hydrogens (tertiary/aromatic N) is 1. The molecule has 0 radical (unpaired) electrons.